The van der Waals surface area contributed by atoms with Gasteiger partial charge in [-0.05, 0) is 25.5 Å². The Kier molecular flexibility index (Phi) is 5.19. The van der Waals surface area contributed by atoms with Crippen molar-refractivity contribution >= 4 is 11.6 Å². The lowest BCUT2D eigenvalue weighted by molar-refractivity contribution is 0.304. The number of benzene rings is 1. The number of rotatable bonds is 5. The van der Waals surface area contributed by atoms with Crippen LogP contribution in [0.15, 0.2) is 36.4 Å². The van der Waals surface area contributed by atoms with Crippen LogP contribution in [0, 0.1) is 12.7 Å². The van der Waals surface area contributed by atoms with Crippen molar-refractivity contribution in [2.45, 2.75) is 20.3 Å². The molecule has 1 aromatic carbocycles. The molecule has 2 heterocycles. The summed E-state index contributed by atoms with van der Waals surface area (Å²) in [5, 5.41) is 0.185. The lowest BCUT2D eigenvalue weighted by Crippen LogP contribution is -2.03. The molecular weight excluding hydrogens is 343 g/mol. The molecule has 0 unspecified atom stereocenters. The summed E-state index contributed by atoms with van der Waals surface area (Å²) in [5.41, 5.74) is 1.42. The highest BCUT2D eigenvalue weighted by Gasteiger charge is 2.14. The number of halogens is 2. The third-order valence-corrected chi connectivity index (χ3v) is 3.52. The SMILES string of the molecule is CCCOc1cc(C)nc(-c2nc(Cl)cc(-c3ccccc3F)n2)n1. The number of aryl methyl sites for hydroxylation is 1. The topological polar surface area (TPSA) is 60.8 Å². The van der Waals surface area contributed by atoms with Gasteiger partial charge in [0.1, 0.15) is 11.0 Å². The smallest absolute Gasteiger partial charge is 0.217 e. The Labute approximate surface area is 149 Å². The Hall–Kier alpha value is -2.60. The van der Waals surface area contributed by atoms with Crippen molar-refractivity contribution in [2.75, 3.05) is 6.61 Å². The molecule has 0 aliphatic carbocycles. The van der Waals surface area contributed by atoms with E-state index in [1.54, 1.807) is 24.3 Å². The first kappa shape index (κ1) is 17.2. The van der Waals surface area contributed by atoms with Crippen LogP contribution in [0.25, 0.3) is 22.9 Å². The zero-order valence-corrected chi connectivity index (χ0v) is 14.6. The molecule has 7 heteroatoms. The van der Waals surface area contributed by atoms with E-state index in [0.29, 0.717) is 29.4 Å². The third kappa shape index (κ3) is 4.09. The molecule has 2 aromatic heterocycles. The van der Waals surface area contributed by atoms with E-state index >= 15 is 0 Å². The standard InChI is InChI=1S/C18H16ClFN4O/c1-3-8-25-16-9-11(2)21-17(24-16)18-22-14(10-15(19)23-18)12-6-4-5-7-13(12)20/h4-7,9-10H,3,8H2,1-2H3. The van der Waals surface area contributed by atoms with Gasteiger partial charge >= 0.3 is 0 Å². The highest BCUT2D eigenvalue weighted by molar-refractivity contribution is 6.29. The third-order valence-electron chi connectivity index (χ3n) is 3.33. The molecule has 0 fully saturated rings. The Morgan fingerprint density at radius 1 is 1.04 bits per heavy atom. The van der Waals surface area contributed by atoms with E-state index < -0.39 is 0 Å². The van der Waals surface area contributed by atoms with Gasteiger partial charge in [-0.25, -0.2) is 19.3 Å². The summed E-state index contributed by atoms with van der Waals surface area (Å²) in [6.07, 6.45) is 0.865. The Morgan fingerprint density at radius 2 is 1.80 bits per heavy atom. The molecule has 0 spiro atoms. The lowest BCUT2D eigenvalue weighted by atomic mass is 10.1. The van der Waals surface area contributed by atoms with Crippen molar-refractivity contribution in [1.82, 2.24) is 19.9 Å². The van der Waals surface area contributed by atoms with Crippen molar-refractivity contribution in [3.8, 4) is 28.8 Å². The van der Waals surface area contributed by atoms with Crippen LogP contribution in [0.2, 0.25) is 5.15 Å². The quantitative estimate of drug-likeness (QED) is 0.629. The predicted molar refractivity (Wildman–Crippen MR) is 94.0 cm³/mol. The molecule has 0 aliphatic heterocycles. The molecule has 0 amide bonds. The van der Waals surface area contributed by atoms with Crippen molar-refractivity contribution < 1.29 is 9.13 Å². The number of hydrogen-bond donors (Lipinski definition) is 0. The van der Waals surface area contributed by atoms with E-state index in [1.165, 1.54) is 12.1 Å². The molecule has 3 rings (SSSR count). The average Bonchev–Trinajstić information content (AvgIpc) is 2.59. The van der Waals surface area contributed by atoms with Gasteiger partial charge in [-0.3, -0.25) is 0 Å². The van der Waals surface area contributed by atoms with E-state index in [-0.39, 0.29) is 22.6 Å². The first-order valence-electron chi connectivity index (χ1n) is 7.85. The van der Waals surface area contributed by atoms with E-state index in [1.807, 2.05) is 13.8 Å². The molecule has 0 N–H and O–H groups in total. The maximum Gasteiger partial charge on any atom is 0.217 e. The second-order valence-electron chi connectivity index (χ2n) is 5.40. The largest absolute Gasteiger partial charge is 0.478 e. The van der Waals surface area contributed by atoms with Gasteiger partial charge in [0.25, 0.3) is 0 Å². The molecule has 0 saturated heterocycles. The van der Waals surface area contributed by atoms with Gasteiger partial charge in [0.05, 0.1) is 12.3 Å². The van der Waals surface area contributed by atoms with Crippen LogP contribution in [0.3, 0.4) is 0 Å². The average molecular weight is 359 g/mol. The summed E-state index contributed by atoms with van der Waals surface area (Å²) < 4.78 is 19.6. The zero-order valence-electron chi connectivity index (χ0n) is 13.8. The van der Waals surface area contributed by atoms with Crippen LogP contribution in [0.1, 0.15) is 19.0 Å². The maximum absolute atomic E-state index is 14.1. The van der Waals surface area contributed by atoms with E-state index in [2.05, 4.69) is 19.9 Å². The second-order valence-corrected chi connectivity index (χ2v) is 5.79. The zero-order chi connectivity index (χ0) is 17.8. The van der Waals surface area contributed by atoms with Crippen LogP contribution >= 0.6 is 11.6 Å². The molecule has 0 saturated carbocycles. The summed E-state index contributed by atoms with van der Waals surface area (Å²) in [5.74, 6) is 0.558. The molecule has 0 bridgehead atoms. The normalized spacial score (nSPS) is 10.7. The molecule has 25 heavy (non-hydrogen) atoms. The fourth-order valence-corrected chi connectivity index (χ4v) is 2.43. The monoisotopic (exact) mass is 358 g/mol. The summed E-state index contributed by atoms with van der Waals surface area (Å²) in [6, 6.07) is 9.59. The number of ether oxygens (including phenoxy) is 1. The highest BCUT2D eigenvalue weighted by Crippen LogP contribution is 2.25. The van der Waals surface area contributed by atoms with Gasteiger partial charge in [-0.15, -0.1) is 0 Å². The molecule has 128 valence electrons. The Balaban J connectivity index is 2.06. The molecule has 0 atom stereocenters. The van der Waals surface area contributed by atoms with Crippen LogP contribution in [0.4, 0.5) is 4.39 Å². The minimum Gasteiger partial charge on any atom is -0.478 e. The van der Waals surface area contributed by atoms with Crippen molar-refractivity contribution in [3.63, 3.8) is 0 Å². The summed E-state index contributed by atoms with van der Waals surface area (Å²) >= 11 is 6.10. The van der Waals surface area contributed by atoms with E-state index in [9.17, 15) is 4.39 Å². The van der Waals surface area contributed by atoms with Crippen molar-refractivity contribution in [2.24, 2.45) is 0 Å². The van der Waals surface area contributed by atoms with Gasteiger partial charge in [0, 0.05) is 23.4 Å². The van der Waals surface area contributed by atoms with E-state index in [4.69, 9.17) is 16.3 Å². The van der Waals surface area contributed by atoms with Gasteiger partial charge in [0.2, 0.25) is 11.7 Å². The van der Waals surface area contributed by atoms with Gasteiger partial charge in [-0.1, -0.05) is 30.7 Å². The van der Waals surface area contributed by atoms with Gasteiger partial charge in [0.15, 0.2) is 5.82 Å². The van der Waals surface area contributed by atoms with Crippen LogP contribution < -0.4 is 4.74 Å². The molecule has 0 aliphatic rings. The highest BCUT2D eigenvalue weighted by atomic mass is 35.5. The molecule has 0 radical (unpaired) electrons. The Morgan fingerprint density at radius 3 is 2.56 bits per heavy atom. The molecular formula is C18H16ClFN4O. The summed E-state index contributed by atoms with van der Waals surface area (Å²) in [7, 11) is 0. The fourth-order valence-electron chi connectivity index (χ4n) is 2.24. The minimum atomic E-state index is -0.389. The summed E-state index contributed by atoms with van der Waals surface area (Å²) in [4.78, 5) is 17.2. The molecule has 5 nitrogen and oxygen atoms in total. The lowest BCUT2D eigenvalue weighted by Gasteiger charge is -2.08. The first-order valence-corrected chi connectivity index (χ1v) is 8.23. The number of aromatic nitrogens is 4. The number of nitrogens with zero attached hydrogens (tertiary/aromatic N) is 4. The van der Waals surface area contributed by atoms with Crippen molar-refractivity contribution in [3.05, 3.63) is 53.1 Å². The number of hydrogen-bond acceptors (Lipinski definition) is 5. The first-order chi connectivity index (χ1) is 12.1. The second kappa shape index (κ2) is 7.53. The van der Waals surface area contributed by atoms with Crippen LogP contribution in [-0.2, 0) is 0 Å². The van der Waals surface area contributed by atoms with Gasteiger partial charge in [-0.2, -0.15) is 4.98 Å². The van der Waals surface area contributed by atoms with Gasteiger partial charge < -0.3 is 4.74 Å². The Bertz CT molecular complexity index is 904. The van der Waals surface area contributed by atoms with Crippen molar-refractivity contribution in [1.29, 1.82) is 0 Å². The predicted octanol–water partition coefficient (Wildman–Crippen LogP) is 4.49. The van der Waals surface area contributed by atoms with E-state index in [0.717, 1.165) is 6.42 Å². The maximum atomic E-state index is 14.1. The molecule has 3 aromatic rings. The van der Waals surface area contributed by atoms with Crippen LogP contribution in [0.5, 0.6) is 5.88 Å². The summed E-state index contributed by atoms with van der Waals surface area (Å²) in [6.45, 7) is 4.38. The minimum absolute atomic E-state index is 0.185. The fraction of sp³-hybridized carbons (Fsp3) is 0.222. The van der Waals surface area contributed by atoms with Crippen LogP contribution in [-0.4, -0.2) is 26.5 Å².